The summed E-state index contributed by atoms with van der Waals surface area (Å²) >= 11 is 0. The van der Waals surface area contributed by atoms with Crippen molar-refractivity contribution in [1.29, 1.82) is 0 Å². The van der Waals surface area contributed by atoms with E-state index >= 15 is 0 Å². The van der Waals surface area contributed by atoms with Gasteiger partial charge in [0.1, 0.15) is 5.60 Å². The number of nitrogen functional groups attached to an aromatic ring is 1. The normalized spacial score (nSPS) is 20.0. The number of carbonyl (C=O) groups excluding carboxylic acids is 1. The minimum absolute atomic E-state index is 0.0990. The fraction of sp³-hybridized carbons (Fsp3) is 0.632. The molecule has 0 atom stereocenters. The molecule has 1 aromatic carbocycles. The molecule has 1 saturated carbocycles. The molecule has 1 aliphatic carbocycles. The van der Waals surface area contributed by atoms with Crippen LogP contribution in [0.15, 0.2) is 18.2 Å². The number of carbonyl (C=O) groups is 1. The Labute approximate surface area is 157 Å². The number of alkyl halides is 3. The summed E-state index contributed by atoms with van der Waals surface area (Å²) in [5, 5.41) is 0. The van der Waals surface area contributed by atoms with E-state index in [1.54, 1.807) is 4.90 Å². The summed E-state index contributed by atoms with van der Waals surface area (Å²) in [5.41, 5.74) is 4.36. The number of ether oxygens (including phenoxy) is 1. The first-order chi connectivity index (χ1) is 12.4. The number of hydrogen-bond donors (Lipinski definition) is 1. The first-order valence-electron chi connectivity index (χ1n) is 9.08. The van der Waals surface area contributed by atoms with Gasteiger partial charge in [0.15, 0.2) is 0 Å². The molecule has 0 radical (unpaired) electrons. The molecule has 1 spiro atoms. The van der Waals surface area contributed by atoms with Crippen molar-refractivity contribution >= 4 is 11.8 Å². The molecule has 1 aliphatic heterocycles. The van der Waals surface area contributed by atoms with E-state index in [1.165, 1.54) is 12.1 Å². The van der Waals surface area contributed by atoms with Crippen LogP contribution in [-0.2, 0) is 17.5 Å². The highest BCUT2D eigenvalue weighted by molar-refractivity contribution is 5.68. The number of halogens is 3. The van der Waals surface area contributed by atoms with Crippen LogP contribution in [0.3, 0.4) is 0 Å². The fourth-order valence-corrected chi connectivity index (χ4v) is 3.56. The highest BCUT2D eigenvalue weighted by Gasteiger charge is 2.52. The van der Waals surface area contributed by atoms with Crippen LogP contribution in [0.1, 0.15) is 44.7 Å². The van der Waals surface area contributed by atoms with Gasteiger partial charge in [0, 0.05) is 37.4 Å². The number of nitrogens with zero attached hydrogens (tertiary/aromatic N) is 2. The van der Waals surface area contributed by atoms with Gasteiger partial charge in [-0.2, -0.15) is 13.2 Å². The summed E-state index contributed by atoms with van der Waals surface area (Å²) in [5.74, 6) is 0. The van der Waals surface area contributed by atoms with Crippen molar-refractivity contribution in [1.82, 2.24) is 9.80 Å². The largest absolute Gasteiger partial charge is 0.444 e. The lowest BCUT2D eigenvalue weighted by atomic mass is 10.0. The third-order valence-corrected chi connectivity index (χ3v) is 5.08. The lowest BCUT2D eigenvalue weighted by Crippen LogP contribution is -2.56. The topological polar surface area (TPSA) is 58.8 Å². The predicted octanol–water partition coefficient (Wildman–Crippen LogP) is 3.87. The Morgan fingerprint density at radius 3 is 2.44 bits per heavy atom. The number of rotatable bonds is 2. The van der Waals surface area contributed by atoms with Gasteiger partial charge >= 0.3 is 12.3 Å². The van der Waals surface area contributed by atoms with Crippen molar-refractivity contribution < 1.29 is 22.7 Å². The van der Waals surface area contributed by atoms with E-state index in [4.69, 9.17) is 10.5 Å². The van der Waals surface area contributed by atoms with Crippen molar-refractivity contribution in [2.45, 2.75) is 57.5 Å². The summed E-state index contributed by atoms with van der Waals surface area (Å²) < 4.78 is 45.6. The van der Waals surface area contributed by atoms with Gasteiger partial charge in [-0.25, -0.2) is 4.79 Å². The molecule has 1 aromatic rings. The van der Waals surface area contributed by atoms with Gasteiger partial charge in [-0.05, 0) is 51.3 Å². The number of anilines is 1. The average Bonchev–Trinajstić information content (AvgIpc) is 3.28. The van der Waals surface area contributed by atoms with E-state index in [2.05, 4.69) is 4.90 Å². The molecule has 0 aromatic heterocycles. The van der Waals surface area contributed by atoms with Crippen LogP contribution >= 0.6 is 0 Å². The number of amides is 1. The van der Waals surface area contributed by atoms with E-state index in [9.17, 15) is 18.0 Å². The summed E-state index contributed by atoms with van der Waals surface area (Å²) in [4.78, 5) is 16.1. The Hall–Kier alpha value is -1.96. The molecule has 2 aliphatic rings. The molecule has 0 bridgehead atoms. The standard InChI is InChI=1S/C19H26F3N3O2/c1-17(2,3)27-16(26)24-8-9-25(18(12-24)6-7-18)11-13-4-5-14(23)10-15(13)19(20,21)22/h4-5,10H,6-9,11-12,23H2,1-3H3. The number of nitrogens with two attached hydrogens (primary N) is 1. The van der Waals surface area contributed by atoms with Crippen molar-refractivity contribution in [3.05, 3.63) is 29.3 Å². The lowest BCUT2D eigenvalue weighted by Gasteiger charge is -2.42. The van der Waals surface area contributed by atoms with Crippen LogP contribution in [0.2, 0.25) is 0 Å². The molecule has 0 unspecified atom stereocenters. The van der Waals surface area contributed by atoms with Crippen molar-refractivity contribution in [2.75, 3.05) is 25.4 Å². The van der Waals surface area contributed by atoms with E-state index in [0.29, 0.717) is 19.6 Å². The maximum absolute atomic E-state index is 13.4. The molecule has 2 N–H and O–H groups in total. The minimum atomic E-state index is -4.44. The molecule has 1 amide bonds. The van der Waals surface area contributed by atoms with Gasteiger partial charge in [0.25, 0.3) is 0 Å². The fourth-order valence-electron chi connectivity index (χ4n) is 3.56. The Morgan fingerprint density at radius 1 is 1.22 bits per heavy atom. The molecular formula is C19H26F3N3O2. The number of piperazine rings is 1. The van der Waals surface area contributed by atoms with Crippen LogP contribution in [0.25, 0.3) is 0 Å². The van der Waals surface area contributed by atoms with Crippen molar-refractivity contribution in [3.63, 3.8) is 0 Å². The second-order valence-electron chi connectivity index (χ2n) is 8.46. The van der Waals surface area contributed by atoms with Gasteiger partial charge < -0.3 is 15.4 Å². The second-order valence-corrected chi connectivity index (χ2v) is 8.46. The van der Waals surface area contributed by atoms with Crippen LogP contribution < -0.4 is 5.73 Å². The molecule has 5 nitrogen and oxygen atoms in total. The zero-order chi connectivity index (χ0) is 20.0. The second kappa shape index (κ2) is 6.58. The van der Waals surface area contributed by atoms with Crippen LogP contribution in [0.5, 0.6) is 0 Å². The summed E-state index contributed by atoms with van der Waals surface area (Å²) in [7, 11) is 0. The van der Waals surface area contributed by atoms with Gasteiger partial charge in [0.2, 0.25) is 0 Å². The molecule has 8 heteroatoms. The molecule has 1 heterocycles. The van der Waals surface area contributed by atoms with Gasteiger partial charge in [-0.3, -0.25) is 4.90 Å². The Balaban J connectivity index is 1.73. The zero-order valence-electron chi connectivity index (χ0n) is 15.9. The maximum Gasteiger partial charge on any atom is 0.416 e. The monoisotopic (exact) mass is 385 g/mol. The van der Waals surface area contributed by atoms with E-state index in [1.807, 2.05) is 20.8 Å². The molecular weight excluding hydrogens is 359 g/mol. The van der Waals surface area contributed by atoms with Crippen LogP contribution in [-0.4, -0.2) is 46.7 Å². The molecule has 2 fully saturated rings. The van der Waals surface area contributed by atoms with Crippen LogP contribution in [0, 0.1) is 0 Å². The highest BCUT2D eigenvalue weighted by atomic mass is 19.4. The Kier molecular flexibility index (Phi) is 4.82. The van der Waals surface area contributed by atoms with E-state index in [0.717, 1.165) is 18.9 Å². The van der Waals surface area contributed by atoms with Gasteiger partial charge in [-0.15, -0.1) is 0 Å². The summed E-state index contributed by atoms with van der Waals surface area (Å²) in [6, 6.07) is 3.95. The smallest absolute Gasteiger partial charge is 0.416 e. The van der Waals surface area contributed by atoms with Crippen LogP contribution in [0.4, 0.5) is 23.7 Å². The lowest BCUT2D eigenvalue weighted by molar-refractivity contribution is -0.138. The van der Waals surface area contributed by atoms with Crippen molar-refractivity contribution in [3.8, 4) is 0 Å². The first kappa shape index (κ1) is 19.8. The van der Waals surface area contributed by atoms with E-state index < -0.39 is 17.3 Å². The SMILES string of the molecule is CC(C)(C)OC(=O)N1CCN(Cc2ccc(N)cc2C(F)(F)F)C2(CC2)C1. The number of benzene rings is 1. The van der Waals surface area contributed by atoms with Gasteiger partial charge in [0.05, 0.1) is 5.56 Å². The zero-order valence-corrected chi connectivity index (χ0v) is 15.9. The minimum Gasteiger partial charge on any atom is -0.444 e. The third kappa shape index (κ3) is 4.48. The molecule has 150 valence electrons. The quantitative estimate of drug-likeness (QED) is 0.785. The molecule has 1 saturated heterocycles. The predicted molar refractivity (Wildman–Crippen MR) is 96.0 cm³/mol. The summed E-state index contributed by atoms with van der Waals surface area (Å²) in [6.07, 6.45) is -3.08. The first-order valence-corrected chi connectivity index (χ1v) is 9.08. The number of hydrogen-bond acceptors (Lipinski definition) is 4. The molecule has 27 heavy (non-hydrogen) atoms. The van der Waals surface area contributed by atoms with Gasteiger partial charge in [-0.1, -0.05) is 6.07 Å². The summed E-state index contributed by atoms with van der Waals surface area (Å²) in [6.45, 7) is 7.07. The Morgan fingerprint density at radius 2 is 1.89 bits per heavy atom. The third-order valence-electron chi connectivity index (χ3n) is 5.08. The Bertz CT molecular complexity index is 724. The molecule has 3 rings (SSSR count). The van der Waals surface area contributed by atoms with Crippen molar-refractivity contribution in [2.24, 2.45) is 0 Å². The maximum atomic E-state index is 13.4. The average molecular weight is 385 g/mol. The van der Waals surface area contributed by atoms with E-state index in [-0.39, 0.29) is 29.4 Å². The highest BCUT2D eigenvalue weighted by Crippen LogP contribution is 2.46.